The molecular weight excluding hydrogens is 170 g/mol. The normalized spacial score (nSPS) is 10.9. The summed E-state index contributed by atoms with van der Waals surface area (Å²) in [5, 5.41) is 2.02. The first kappa shape index (κ1) is 7.69. The number of benzene rings is 1. The summed E-state index contributed by atoms with van der Waals surface area (Å²) in [6, 6.07) is 6.06. The van der Waals surface area contributed by atoms with Crippen molar-refractivity contribution in [2.45, 2.75) is 6.92 Å². The van der Waals surface area contributed by atoms with Crippen LogP contribution in [0.15, 0.2) is 24.4 Å². The molecule has 0 aliphatic heterocycles. The Morgan fingerprint density at radius 2 is 2.08 bits per heavy atom. The number of hydrogen-bond donors (Lipinski definition) is 0. The van der Waals surface area contributed by atoms with Gasteiger partial charge in [0.25, 0.3) is 0 Å². The molecule has 2 rings (SSSR count). The van der Waals surface area contributed by atoms with Crippen molar-refractivity contribution in [1.82, 2.24) is 4.57 Å². The first-order valence-electron chi connectivity index (χ1n) is 3.89. The Labute approximate surface area is 76.6 Å². The van der Waals surface area contributed by atoms with Crippen molar-refractivity contribution in [2.24, 2.45) is 7.05 Å². The van der Waals surface area contributed by atoms with Crippen LogP contribution in [0.4, 0.5) is 0 Å². The van der Waals surface area contributed by atoms with Gasteiger partial charge in [-0.25, -0.2) is 0 Å². The molecule has 0 bridgehead atoms. The van der Waals surface area contributed by atoms with Crippen LogP contribution >= 0.6 is 11.6 Å². The van der Waals surface area contributed by atoms with Gasteiger partial charge in [0.1, 0.15) is 0 Å². The SMILES string of the molecule is Cc1cc(Cl)cc2ccn(C)c12. The molecule has 62 valence electrons. The van der Waals surface area contributed by atoms with Crippen LogP contribution in [0, 0.1) is 6.92 Å². The molecule has 2 aromatic rings. The quantitative estimate of drug-likeness (QED) is 0.586. The lowest BCUT2D eigenvalue weighted by atomic mass is 10.2. The van der Waals surface area contributed by atoms with Crippen LogP contribution in [-0.2, 0) is 7.05 Å². The van der Waals surface area contributed by atoms with E-state index in [0.717, 1.165) is 5.02 Å². The van der Waals surface area contributed by atoms with Crippen molar-refractivity contribution in [3.05, 3.63) is 35.0 Å². The van der Waals surface area contributed by atoms with Gasteiger partial charge in [-0.15, -0.1) is 0 Å². The fourth-order valence-corrected chi connectivity index (χ4v) is 1.92. The summed E-state index contributed by atoms with van der Waals surface area (Å²) in [6.07, 6.45) is 2.05. The monoisotopic (exact) mass is 179 g/mol. The number of halogens is 1. The maximum Gasteiger partial charge on any atom is 0.0508 e. The average Bonchev–Trinajstić information content (AvgIpc) is 2.31. The van der Waals surface area contributed by atoms with Gasteiger partial charge in [-0.2, -0.15) is 0 Å². The van der Waals surface area contributed by atoms with E-state index >= 15 is 0 Å². The molecule has 1 nitrogen and oxygen atoms in total. The summed E-state index contributed by atoms with van der Waals surface area (Å²) >= 11 is 5.92. The summed E-state index contributed by atoms with van der Waals surface area (Å²) in [7, 11) is 2.04. The Kier molecular flexibility index (Phi) is 1.62. The average molecular weight is 180 g/mol. The van der Waals surface area contributed by atoms with Gasteiger partial charge in [-0.05, 0) is 30.7 Å². The van der Waals surface area contributed by atoms with Gasteiger partial charge < -0.3 is 4.57 Å². The molecule has 0 radical (unpaired) electrons. The molecule has 12 heavy (non-hydrogen) atoms. The molecule has 2 heteroatoms. The maximum absolute atomic E-state index is 5.92. The van der Waals surface area contributed by atoms with E-state index < -0.39 is 0 Å². The zero-order chi connectivity index (χ0) is 8.72. The van der Waals surface area contributed by atoms with E-state index in [2.05, 4.69) is 17.6 Å². The van der Waals surface area contributed by atoms with Crippen LogP contribution in [0.5, 0.6) is 0 Å². The highest BCUT2D eigenvalue weighted by Crippen LogP contribution is 2.23. The number of aromatic nitrogens is 1. The maximum atomic E-state index is 5.92. The lowest BCUT2D eigenvalue weighted by molar-refractivity contribution is 0.964. The standard InChI is InChI=1S/C10H10ClN/c1-7-5-9(11)6-8-3-4-12(2)10(7)8/h3-6H,1-2H3. The van der Waals surface area contributed by atoms with E-state index in [0.29, 0.717) is 0 Å². The molecule has 0 fully saturated rings. The third kappa shape index (κ3) is 1.01. The van der Waals surface area contributed by atoms with Crippen molar-refractivity contribution in [1.29, 1.82) is 0 Å². The highest BCUT2D eigenvalue weighted by molar-refractivity contribution is 6.31. The fraction of sp³-hybridized carbons (Fsp3) is 0.200. The second kappa shape index (κ2) is 2.53. The van der Waals surface area contributed by atoms with Crippen molar-refractivity contribution >= 4 is 22.5 Å². The van der Waals surface area contributed by atoms with Crippen LogP contribution < -0.4 is 0 Å². The minimum atomic E-state index is 0.811. The van der Waals surface area contributed by atoms with Crippen LogP contribution in [-0.4, -0.2) is 4.57 Å². The zero-order valence-corrected chi connectivity index (χ0v) is 7.89. The second-order valence-corrected chi connectivity index (χ2v) is 3.52. The Balaban J connectivity index is 2.93. The van der Waals surface area contributed by atoms with Crippen molar-refractivity contribution in [3.8, 4) is 0 Å². The zero-order valence-electron chi connectivity index (χ0n) is 7.13. The number of aryl methyl sites for hydroxylation is 2. The summed E-state index contributed by atoms with van der Waals surface area (Å²) in [6.45, 7) is 2.08. The van der Waals surface area contributed by atoms with Gasteiger partial charge in [0.05, 0.1) is 5.52 Å². The topological polar surface area (TPSA) is 4.93 Å². The first-order chi connectivity index (χ1) is 5.68. The minimum absolute atomic E-state index is 0.811. The van der Waals surface area contributed by atoms with E-state index in [4.69, 9.17) is 11.6 Å². The molecule has 1 aromatic heterocycles. The Bertz CT molecular complexity index is 429. The smallest absolute Gasteiger partial charge is 0.0508 e. The molecule has 1 heterocycles. The first-order valence-corrected chi connectivity index (χ1v) is 4.27. The van der Waals surface area contributed by atoms with E-state index in [1.165, 1.54) is 16.5 Å². The molecule has 0 N–H and O–H groups in total. The third-order valence-electron chi connectivity index (χ3n) is 2.13. The van der Waals surface area contributed by atoms with Gasteiger partial charge in [-0.3, -0.25) is 0 Å². The predicted molar refractivity (Wildman–Crippen MR) is 52.7 cm³/mol. The van der Waals surface area contributed by atoms with Gasteiger partial charge in [-0.1, -0.05) is 11.6 Å². The van der Waals surface area contributed by atoms with Crippen molar-refractivity contribution in [3.63, 3.8) is 0 Å². The summed E-state index contributed by atoms with van der Waals surface area (Å²) in [4.78, 5) is 0. The number of nitrogens with zero attached hydrogens (tertiary/aromatic N) is 1. The minimum Gasteiger partial charge on any atom is -0.350 e. The summed E-state index contributed by atoms with van der Waals surface area (Å²) in [5.74, 6) is 0. The Morgan fingerprint density at radius 1 is 1.33 bits per heavy atom. The van der Waals surface area contributed by atoms with Crippen LogP contribution in [0.2, 0.25) is 5.02 Å². The van der Waals surface area contributed by atoms with Crippen molar-refractivity contribution < 1.29 is 0 Å². The molecular formula is C10H10ClN. The van der Waals surface area contributed by atoms with E-state index in [9.17, 15) is 0 Å². The Hall–Kier alpha value is -0.950. The molecule has 0 atom stereocenters. The molecule has 0 unspecified atom stereocenters. The number of rotatable bonds is 0. The summed E-state index contributed by atoms with van der Waals surface area (Å²) in [5.41, 5.74) is 2.49. The molecule has 0 spiro atoms. The van der Waals surface area contributed by atoms with Crippen LogP contribution in [0.25, 0.3) is 10.9 Å². The Morgan fingerprint density at radius 3 is 2.83 bits per heavy atom. The second-order valence-electron chi connectivity index (χ2n) is 3.09. The highest BCUT2D eigenvalue weighted by atomic mass is 35.5. The summed E-state index contributed by atoms with van der Waals surface area (Å²) < 4.78 is 2.11. The van der Waals surface area contributed by atoms with E-state index in [1.54, 1.807) is 0 Å². The van der Waals surface area contributed by atoms with Gasteiger partial charge in [0.15, 0.2) is 0 Å². The molecule has 1 aromatic carbocycles. The van der Waals surface area contributed by atoms with Crippen molar-refractivity contribution in [2.75, 3.05) is 0 Å². The van der Waals surface area contributed by atoms with Crippen LogP contribution in [0.3, 0.4) is 0 Å². The van der Waals surface area contributed by atoms with Gasteiger partial charge in [0.2, 0.25) is 0 Å². The lowest BCUT2D eigenvalue weighted by Gasteiger charge is -2.01. The van der Waals surface area contributed by atoms with Crippen LogP contribution in [0.1, 0.15) is 5.56 Å². The highest BCUT2D eigenvalue weighted by Gasteiger charge is 2.01. The molecule has 0 aliphatic rings. The van der Waals surface area contributed by atoms with Gasteiger partial charge in [0, 0.05) is 23.7 Å². The number of hydrogen-bond acceptors (Lipinski definition) is 0. The molecule has 0 aliphatic carbocycles. The van der Waals surface area contributed by atoms with Gasteiger partial charge >= 0.3 is 0 Å². The lowest BCUT2D eigenvalue weighted by Crippen LogP contribution is -1.86. The molecule has 0 saturated heterocycles. The predicted octanol–water partition coefficient (Wildman–Crippen LogP) is 3.14. The molecule has 0 amide bonds. The van der Waals surface area contributed by atoms with E-state index in [1.807, 2.05) is 25.4 Å². The fourth-order valence-electron chi connectivity index (χ4n) is 1.64. The molecule has 0 saturated carbocycles. The third-order valence-corrected chi connectivity index (χ3v) is 2.34. The van der Waals surface area contributed by atoms with E-state index in [-0.39, 0.29) is 0 Å². The number of fused-ring (bicyclic) bond motifs is 1. The largest absolute Gasteiger partial charge is 0.350 e.